The third-order valence-electron chi connectivity index (χ3n) is 5.89. The second-order valence-corrected chi connectivity index (χ2v) is 7.43. The van der Waals surface area contributed by atoms with Crippen molar-refractivity contribution in [3.8, 4) is 11.1 Å². The van der Waals surface area contributed by atoms with Crippen LogP contribution in [-0.4, -0.2) is 0 Å². The molecule has 0 heterocycles. The summed E-state index contributed by atoms with van der Waals surface area (Å²) in [4.78, 5) is 0. The Kier molecular flexibility index (Phi) is 4.75. The van der Waals surface area contributed by atoms with Crippen LogP contribution in [0.1, 0.15) is 48.3 Å². The third-order valence-corrected chi connectivity index (χ3v) is 5.89. The van der Waals surface area contributed by atoms with Gasteiger partial charge in [0.2, 0.25) is 0 Å². The monoisotopic (exact) mass is 338 g/mol. The molecule has 0 fully saturated rings. The predicted octanol–water partition coefficient (Wildman–Crippen LogP) is 7.13. The van der Waals surface area contributed by atoms with Gasteiger partial charge in [0.25, 0.3) is 0 Å². The van der Waals surface area contributed by atoms with Crippen LogP contribution in [-0.2, 0) is 6.42 Å². The quantitative estimate of drug-likeness (QED) is 0.444. The molecular formula is C26H26. The van der Waals surface area contributed by atoms with Crippen molar-refractivity contribution in [1.29, 1.82) is 0 Å². The lowest BCUT2D eigenvalue weighted by molar-refractivity contribution is 0.582. The molecule has 2 unspecified atom stereocenters. The molecule has 1 aliphatic carbocycles. The minimum Gasteiger partial charge on any atom is -0.0986 e. The van der Waals surface area contributed by atoms with Crippen LogP contribution in [0.15, 0.2) is 91.0 Å². The van der Waals surface area contributed by atoms with E-state index in [9.17, 15) is 0 Å². The van der Waals surface area contributed by atoms with E-state index in [0.717, 1.165) is 0 Å². The van der Waals surface area contributed by atoms with E-state index in [1.807, 2.05) is 0 Å². The SMILES string of the molecule is C=C(C(C)c1ccc(-c2ccccc2)cc1)C1CCCc2ccccc21. The Bertz CT molecular complexity index is 887. The van der Waals surface area contributed by atoms with Crippen molar-refractivity contribution in [2.24, 2.45) is 0 Å². The molecule has 0 saturated heterocycles. The smallest absolute Gasteiger partial charge is 0.00543 e. The lowest BCUT2D eigenvalue weighted by atomic mass is 9.74. The molecule has 0 heteroatoms. The van der Waals surface area contributed by atoms with Crippen LogP contribution in [0, 0.1) is 0 Å². The van der Waals surface area contributed by atoms with E-state index in [0.29, 0.717) is 11.8 Å². The number of hydrogen-bond acceptors (Lipinski definition) is 0. The maximum Gasteiger partial charge on any atom is 0.00543 e. The zero-order valence-corrected chi connectivity index (χ0v) is 15.5. The zero-order chi connectivity index (χ0) is 17.9. The van der Waals surface area contributed by atoms with Gasteiger partial charge in [-0.05, 0) is 47.1 Å². The number of aryl methyl sites for hydroxylation is 1. The van der Waals surface area contributed by atoms with Crippen molar-refractivity contribution in [3.63, 3.8) is 0 Å². The van der Waals surface area contributed by atoms with Gasteiger partial charge in [0.1, 0.15) is 0 Å². The largest absolute Gasteiger partial charge is 0.0986 e. The van der Waals surface area contributed by atoms with Gasteiger partial charge in [0, 0.05) is 11.8 Å². The highest BCUT2D eigenvalue weighted by molar-refractivity contribution is 5.63. The van der Waals surface area contributed by atoms with Gasteiger partial charge >= 0.3 is 0 Å². The van der Waals surface area contributed by atoms with Gasteiger partial charge in [-0.3, -0.25) is 0 Å². The van der Waals surface area contributed by atoms with Crippen molar-refractivity contribution < 1.29 is 0 Å². The second kappa shape index (κ2) is 7.33. The van der Waals surface area contributed by atoms with E-state index < -0.39 is 0 Å². The van der Waals surface area contributed by atoms with E-state index >= 15 is 0 Å². The molecule has 0 spiro atoms. The molecule has 130 valence electrons. The van der Waals surface area contributed by atoms with E-state index in [-0.39, 0.29) is 0 Å². The molecule has 0 saturated carbocycles. The van der Waals surface area contributed by atoms with Gasteiger partial charge in [-0.1, -0.05) is 97.9 Å². The Morgan fingerprint density at radius 3 is 2.27 bits per heavy atom. The van der Waals surface area contributed by atoms with Crippen molar-refractivity contribution in [3.05, 3.63) is 108 Å². The average molecular weight is 338 g/mol. The van der Waals surface area contributed by atoms with Crippen LogP contribution in [0.2, 0.25) is 0 Å². The molecule has 2 atom stereocenters. The topological polar surface area (TPSA) is 0 Å². The van der Waals surface area contributed by atoms with Crippen LogP contribution in [0.3, 0.4) is 0 Å². The Labute approximate surface area is 157 Å². The first-order valence-electron chi connectivity index (χ1n) is 9.66. The molecule has 1 aliphatic rings. The minimum atomic E-state index is 0.371. The number of rotatable bonds is 4. The van der Waals surface area contributed by atoms with Gasteiger partial charge in [-0.25, -0.2) is 0 Å². The molecule has 4 rings (SSSR count). The molecule has 0 amide bonds. The zero-order valence-electron chi connectivity index (χ0n) is 15.5. The second-order valence-electron chi connectivity index (χ2n) is 7.43. The standard InChI is InChI=1S/C26H26/c1-19(20(2)25-14-8-12-24-11-6-7-13-26(24)25)21-15-17-23(18-16-21)22-9-4-3-5-10-22/h3-7,9-11,13,15-19,25H,2,8,12,14H2,1H3. The van der Waals surface area contributed by atoms with E-state index in [2.05, 4.69) is 92.4 Å². The first-order valence-corrected chi connectivity index (χ1v) is 9.66. The summed E-state index contributed by atoms with van der Waals surface area (Å²) in [6, 6.07) is 28.5. The molecule has 3 aromatic rings. The fourth-order valence-corrected chi connectivity index (χ4v) is 4.25. The Morgan fingerprint density at radius 2 is 1.50 bits per heavy atom. The summed E-state index contributed by atoms with van der Waals surface area (Å²) in [6.45, 7) is 6.84. The minimum absolute atomic E-state index is 0.371. The van der Waals surface area contributed by atoms with E-state index in [1.54, 1.807) is 0 Å². The van der Waals surface area contributed by atoms with Crippen LogP contribution < -0.4 is 0 Å². The predicted molar refractivity (Wildman–Crippen MR) is 112 cm³/mol. The maximum atomic E-state index is 4.53. The Balaban J connectivity index is 1.56. The molecule has 0 N–H and O–H groups in total. The fourth-order valence-electron chi connectivity index (χ4n) is 4.25. The fraction of sp³-hybridized carbons (Fsp3) is 0.231. The van der Waals surface area contributed by atoms with E-state index in [4.69, 9.17) is 0 Å². The summed E-state index contributed by atoms with van der Waals surface area (Å²) in [7, 11) is 0. The first kappa shape index (κ1) is 16.8. The highest BCUT2D eigenvalue weighted by Crippen LogP contribution is 2.41. The van der Waals surface area contributed by atoms with Gasteiger partial charge in [-0.2, -0.15) is 0 Å². The molecule has 26 heavy (non-hydrogen) atoms. The van der Waals surface area contributed by atoms with Crippen LogP contribution in [0.5, 0.6) is 0 Å². The summed E-state index contributed by atoms with van der Waals surface area (Å²) in [6.07, 6.45) is 3.70. The van der Waals surface area contributed by atoms with Crippen molar-refractivity contribution in [2.45, 2.75) is 38.0 Å². The van der Waals surface area contributed by atoms with Gasteiger partial charge in [-0.15, -0.1) is 0 Å². The first-order chi connectivity index (χ1) is 12.7. The highest BCUT2D eigenvalue weighted by Gasteiger charge is 2.25. The number of hydrogen-bond donors (Lipinski definition) is 0. The maximum absolute atomic E-state index is 4.53. The number of benzene rings is 3. The van der Waals surface area contributed by atoms with Crippen molar-refractivity contribution in [1.82, 2.24) is 0 Å². The van der Waals surface area contributed by atoms with E-state index in [1.165, 1.54) is 52.7 Å². The number of allylic oxidation sites excluding steroid dienone is 1. The van der Waals surface area contributed by atoms with Crippen molar-refractivity contribution >= 4 is 0 Å². The van der Waals surface area contributed by atoms with Crippen LogP contribution in [0.4, 0.5) is 0 Å². The van der Waals surface area contributed by atoms with Gasteiger partial charge in [0.15, 0.2) is 0 Å². The Morgan fingerprint density at radius 1 is 0.846 bits per heavy atom. The molecule has 0 nitrogen and oxygen atoms in total. The summed E-state index contributed by atoms with van der Waals surface area (Å²) in [5, 5.41) is 0. The summed E-state index contributed by atoms with van der Waals surface area (Å²) in [5.74, 6) is 0.861. The molecule has 0 bridgehead atoms. The number of fused-ring (bicyclic) bond motifs is 1. The third kappa shape index (κ3) is 3.24. The average Bonchev–Trinajstić information content (AvgIpc) is 2.73. The lowest BCUT2D eigenvalue weighted by Crippen LogP contribution is -2.14. The molecular weight excluding hydrogens is 312 g/mol. The lowest BCUT2D eigenvalue weighted by Gasteiger charge is -2.30. The van der Waals surface area contributed by atoms with Gasteiger partial charge in [0.05, 0.1) is 0 Å². The van der Waals surface area contributed by atoms with Crippen LogP contribution >= 0.6 is 0 Å². The normalized spacial score (nSPS) is 17.3. The highest BCUT2D eigenvalue weighted by atomic mass is 14.3. The molecule has 0 aliphatic heterocycles. The van der Waals surface area contributed by atoms with Gasteiger partial charge < -0.3 is 0 Å². The van der Waals surface area contributed by atoms with Crippen molar-refractivity contribution in [2.75, 3.05) is 0 Å². The molecule has 3 aromatic carbocycles. The molecule has 0 aromatic heterocycles. The summed E-state index contributed by atoms with van der Waals surface area (Å²) >= 11 is 0. The molecule has 0 radical (unpaired) electrons. The summed E-state index contributed by atoms with van der Waals surface area (Å²) < 4.78 is 0. The Hall–Kier alpha value is -2.60. The van der Waals surface area contributed by atoms with Crippen LogP contribution in [0.25, 0.3) is 11.1 Å². The summed E-state index contributed by atoms with van der Waals surface area (Å²) in [5.41, 5.74) is 8.26.